The van der Waals surface area contributed by atoms with Gasteiger partial charge in [-0.3, -0.25) is 0 Å². The van der Waals surface area contributed by atoms with Crippen molar-refractivity contribution in [2.45, 2.75) is 11.8 Å². The first-order valence-corrected chi connectivity index (χ1v) is 19.3. The van der Waals surface area contributed by atoms with E-state index in [0.29, 0.717) is 0 Å². The Kier molecular flexibility index (Phi) is 5.39. The number of hydrogen-bond acceptors (Lipinski definition) is 1. The molecule has 0 radical (unpaired) electrons. The standard InChI is InChI=1S/C50H30N2S/c1-3-15-33-31(13-1)46-32-14-2-4-16-34(32)47(33)50-37(46)25-26-43-49(50)36-18-6-9-20-40(36)52(43)42-22-11-21-41-48(42)35-17-5-8-19-39(35)51(41)29-24-27-45-38(28-29)30-12-7-10-23-44(30)53-45/h1-28,46-47H. The number of nitrogens with zero attached hydrogens (tertiary/aromatic N) is 2. The van der Waals surface area contributed by atoms with Crippen LogP contribution in [-0.4, -0.2) is 9.13 Å². The van der Waals surface area contributed by atoms with Gasteiger partial charge in [0.15, 0.2) is 0 Å². The minimum absolute atomic E-state index is 0.200. The number of benzene rings is 8. The van der Waals surface area contributed by atoms with Gasteiger partial charge in [-0.2, -0.15) is 0 Å². The summed E-state index contributed by atoms with van der Waals surface area (Å²) in [5.41, 5.74) is 16.1. The second-order valence-electron chi connectivity index (χ2n) is 14.7. The Morgan fingerprint density at radius 2 is 0.925 bits per heavy atom. The van der Waals surface area contributed by atoms with Gasteiger partial charge in [0.1, 0.15) is 0 Å². The average molecular weight is 691 g/mol. The van der Waals surface area contributed by atoms with Crippen molar-refractivity contribution >= 4 is 75.1 Å². The molecule has 0 spiro atoms. The van der Waals surface area contributed by atoms with Crippen molar-refractivity contribution < 1.29 is 0 Å². The molecule has 0 atom stereocenters. The van der Waals surface area contributed by atoms with Crippen LogP contribution in [0.2, 0.25) is 0 Å². The van der Waals surface area contributed by atoms with Crippen molar-refractivity contribution in [3.8, 4) is 11.4 Å². The van der Waals surface area contributed by atoms with E-state index in [2.05, 4.69) is 179 Å². The number of para-hydroxylation sites is 2. The lowest BCUT2D eigenvalue weighted by Gasteiger charge is -2.42. The molecule has 0 unspecified atom stereocenters. The predicted octanol–water partition coefficient (Wildman–Crippen LogP) is 13.2. The van der Waals surface area contributed by atoms with Crippen LogP contribution in [0, 0.1) is 0 Å². The highest BCUT2D eigenvalue weighted by Gasteiger charge is 2.42. The van der Waals surface area contributed by atoms with Gasteiger partial charge in [0.25, 0.3) is 0 Å². The van der Waals surface area contributed by atoms with Gasteiger partial charge in [-0.25, -0.2) is 0 Å². The summed E-state index contributed by atoms with van der Waals surface area (Å²) in [6.07, 6.45) is 0. The number of hydrogen-bond donors (Lipinski definition) is 0. The molecule has 3 heteroatoms. The number of fused-ring (bicyclic) bond motifs is 9. The van der Waals surface area contributed by atoms with Crippen molar-refractivity contribution in [2.24, 2.45) is 0 Å². The zero-order chi connectivity index (χ0) is 34.4. The van der Waals surface area contributed by atoms with E-state index in [1.165, 1.54) is 109 Å². The third-order valence-electron chi connectivity index (χ3n) is 12.3. The molecule has 0 fully saturated rings. The lowest BCUT2D eigenvalue weighted by Crippen LogP contribution is -2.27. The Morgan fingerprint density at radius 1 is 0.358 bits per heavy atom. The van der Waals surface area contributed by atoms with Gasteiger partial charge in [-0.1, -0.05) is 115 Å². The molecule has 3 heterocycles. The Balaban J connectivity index is 1.12. The van der Waals surface area contributed by atoms with Crippen LogP contribution < -0.4 is 0 Å². The molecule has 0 amide bonds. The molecule has 246 valence electrons. The SMILES string of the molecule is c1ccc2c(c1)C1c3ccccc3C2c2c1ccc1c2c2ccccc2n1-c1cccc2c1c1ccccc1n2-c1ccc2sc3ccccc3c2c1. The lowest BCUT2D eigenvalue weighted by atomic mass is 9.60. The molecule has 0 saturated heterocycles. The van der Waals surface area contributed by atoms with Gasteiger partial charge in [0.05, 0.1) is 27.8 Å². The molecule has 3 aliphatic rings. The maximum Gasteiger partial charge on any atom is 0.0562 e. The first-order valence-electron chi connectivity index (χ1n) is 18.5. The van der Waals surface area contributed by atoms with Crippen LogP contribution in [0.4, 0.5) is 0 Å². The predicted molar refractivity (Wildman–Crippen MR) is 223 cm³/mol. The van der Waals surface area contributed by atoms with E-state index < -0.39 is 0 Å². The first-order chi connectivity index (χ1) is 26.3. The van der Waals surface area contributed by atoms with Gasteiger partial charge < -0.3 is 9.13 Å². The first kappa shape index (κ1) is 28.2. The fourth-order valence-corrected chi connectivity index (χ4v) is 11.4. The van der Waals surface area contributed by atoms with Gasteiger partial charge in [-0.05, 0) is 88.0 Å². The summed E-state index contributed by atoms with van der Waals surface area (Å²) in [4.78, 5) is 0. The zero-order valence-corrected chi connectivity index (χ0v) is 29.4. The summed E-state index contributed by atoms with van der Waals surface area (Å²) in [7, 11) is 0. The van der Waals surface area contributed by atoms with E-state index in [4.69, 9.17) is 0 Å². The monoisotopic (exact) mass is 690 g/mol. The van der Waals surface area contributed by atoms with Crippen LogP contribution in [0.15, 0.2) is 170 Å². The lowest BCUT2D eigenvalue weighted by molar-refractivity contribution is 0.761. The Hall–Kier alpha value is -6.42. The van der Waals surface area contributed by atoms with Crippen molar-refractivity contribution in [2.75, 3.05) is 0 Å². The second-order valence-corrected chi connectivity index (χ2v) is 15.8. The molecule has 11 aromatic rings. The molecule has 14 rings (SSSR count). The Bertz CT molecular complexity index is 3320. The minimum atomic E-state index is 0.200. The van der Waals surface area contributed by atoms with Gasteiger partial charge in [-0.15, -0.1) is 11.3 Å². The van der Waals surface area contributed by atoms with E-state index in [9.17, 15) is 0 Å². The molecular weight excluding hydrogens is 661 g/mol. The van der Waals surface area contributed by atoms with Gasteiger partial charge >= 0.3 is 0 Å². The topological polar surface area (TPSA) is 9.86 Å². The van der Waals surface area contributed by atoms with Crippen molar-refractivity contribution in [1.29, 1.82) is 0 Å². The van der Waals surface area contributed by atoms with E-state index >= 15 is 0 Å². The summed E-state index contributed by atoms with van der Waals surface area (Å²) >= 11 is 1.87. The fourth-order valence-electron chi connectivity index (χ4n) is 10.3. The maximum atomic E-state index is 2.56. The maximum absolute atomic E-state index is 2.56. The third kappa shape index (κ3) is 3.53. The van der Waals surface area contributed by atoms with Gasteiger partial charge in [0.2, 0.25) is 0 Å². The Morgan fingerprint density at radius 3 is 1.68 bits per heavy atom. The van der Waals surface area contributed by atoms with Crippen LogP contribution in [0.25, 0.3) is 75.2 Å². The molecule has 2 bridgehead atoms. The Labute approximate surface area is 309 Å². The summed E-state index contributed by atoms with van der Waals surface area (Å²) in [5, 5.41) is 7.87. The van der Waals surface area contributed by atoms with Crippen molar-refractivity contribution in [3.63, 3.8) is 0 Å². The molecule has 3 aromatic heterocycles. The van der Waals surface area contributed by atoms with Crippen molar-refractivity contribution in [3.05, 3.63) is 203 Å². The largest absolute Gasteiger partial charge is 0.309 e. The molecule has 8 aromatic carbocycles. The number of thiophene rings is 1. The van der Waals surface area contributed by atoms with Crippen LogP contribution in [0.1, 0.15) is 45.2 Å². The minimum Gasteiger partial charge on any atom is -0.309 e. The molecular formula is C50H30N2S. The van der Waals surface area contributed by atoms with Crippen LogP contribution in [0.5, 0.6) is 0 Å². The number of rotatable bonds is 2. The summed E-state index contributed by atoms with van der Waals surface area (Å²) < 4.78 is 7.68. The molecule has 0 N–H and O–H groups in total. The second kappa shape index (κ2) is 10.1. The smallest absolute Gasteiger partial charge is 0.0562 e. The molecule has 0 saturated carbocycles. The fraction of sp³-hybridized carbons (Fsp3) is 0.0400. The van der Waals surface area contributed by atoms with Crippen LogP contribution in [0.3, 0.4) is 0 Å². The summed E-state index contributed by atoms with van der Waals surface area (Å²) in [5.74, 6) is 0.444. The van der Waals surface area contributed by atoms with Gasteiger partial charge in [0, 0.05) is 59.2 Å². The van der Waals surface area contributed by atoms with Crippen LogP contribution in [-0.2, 0) is 0 Å². The van der Waals surface area contributed by atoms with Crippen LogP contribution >= 0.6 is 11.3 Å². The molecule has 3 aliphatic carbocycles. The highest BCUT2D eigenvalue weighted by molar-refractivity contribution is 7.25. The molecule has 0 aliphatic heterocycles. The average Bonchev–Trinajstić information content (AvgIpc) is 3.88. The molecule has 53 heavy (non-hydrogen) atoms. The number of aromatic nitrogens is 2. The zero-order valence-electron chi connectivity index (χ0n) is 28.6. The van der Waals surface area contributed by atoms with E-state index in [0.717, 1.165) is 0 Å². The highest BCUT2D eigenvalue weighted by atomic mass is 32.1. The quantitative estimate of drug-likeness (QED) is 0.171. The van der Waals surface area contributed by atoms with E-state index in [-0.39, 0.29) is 11.8 Å². The summed E-state index contributed by atoms with van der Waals surface area (Å²) in [6, 6.07) is 63.9. The normalized spacial score (nSPS) is 15.9. The molecule has 2 nitrogen and oxygen atoms in total. The van der Waals surface area contributed by atoms with E-state index in [1.54, 1.807) is 0 Å². The summed E-state index contributed by atoms with van der Waals surface area (Å²) in [6.45, 7) is 0. The van der Waals surface area contributed by atoms with Crippen molar-refractivity contribution in [1.82, 2.24) is 9.13 Å². The highest BCUT2D eigenvalue weighted by Crippen LogP contribution is 2.58. The third-order valence-corrected chi connectivity index (χ3v) is 13.4. The van der Waals surface area contributed by atoms with E-state index in [1.807, 2.05) is 11.3 Å².